The van der Waals surface area contributed by atoms with Crippen LogP contribution in [0.4, 0.5) is 5.13 Å². The molecule has 108 valence electrons. The zero-order valence-corrected chi connectivity index (χ0v) is 11.9. The van der Waals surface area contributed by atoms with Gasteiger partial charge in [0, 0.05) is 23.9 Å². The average molecular weight is 303 g/mol. The number of carbonyl (C=O) groups excluding carboxylic acids is 1. The summed E-state index contributed by atoms with van der Waals surface area (Å²) >= 11 is 0.980. The van der Waals surface area contributed by atoms with E-state index < -0.39 is 5.97 Å². The predicted octanol–water partition coefficient (Wildman–Crippen LogP) is 2.64. The molecule has 0 spiro atoms. The Morgan fingerprint density at radius 3 is 2.57 bits per heavy atom. The van der Waals surface area contributed by atoms with E-state index in [2.05, 4.69) is 15.3 Å². The fourth-order valence-electron chi connectivity index (χ4n) is 2.10. The summed E-state index contributed by atoms with van der Waals surface area (Å²) in [6.07, 6.45) is 6.00. The number of carboxylic acid groups (broad SMARTS) is 1. The van der Waals surface area contributed by atoms with E-state index in [1.165, 1.54) is 0 Å². The van der Waals surface area contributed by atoms with Crippen molar-refractivity contribution in [3.05, 3.63) is 29.4 Å². The third-order valence-electron chi connectivity index (χ3n) is 3.48. The van der Waals surface area contributed by atoms with Gasteiger partial charge in [-0.25, -0.2) is 9.78 Å². The molecule has 3 rings (SSSR count). The second kappa shape index (κ2) is 5.61. The van der Waals surface area contributed by atoms with Crippen LogP contribution >= 0.6 is 11.3 Å². The minimum Gasteiger partial charge on any atom is -0.477 e. The van der Waals surface area contributed by atoms with Crippen molar-refractivity contribution in [1.29, 1.82) is 0 Å². The largest absolute Gasteiger partial charge is 0.477 e. The molecule has 1 saturated carbocycles. The lowest BCUT2D eigenvalue weighted by Gasteiger charge is -2.23. The highest BCUT2D eigenvalue weighted by Gasteiger charge is 2.27. The van der Waals surface area contributed by atoms with Gasteiger partial charge in [0.15, 0.2) is 5.13 Å². The van der Waals surface area contributed by atoms with Crippen LogP contribution in [0, 0.1) is 5.92 Å². The van der Waals surface area contributed by atoms with Gasteiger partial charge in [0.1, 0.15) is 4.88 Å². The monoisotopic (exact) mass is 303 g/mol. The molecule has 1 aliphatic rings. The predicted molar refractivity (Wildman–Crippen MR) is 78.3 cm³/mol. The quantitative estimate of drug-likeness (QED) is 0.905. The Balaban J connectivity index is 1.89. The Kier molecular flexibility index (Phi) is 3.66. The molecule has 0 unspecified atom stereocenters. The molecule has 21 heavy (non-hydrogen) atoms. The van der Waals surface area contributed by atoms with E-state index in [-0.39, 0.29) is 16.7 Å². The van der Waals surface area contributed by atoms with Crippen molar-refractivity contribution in [3.8, 4) is 11.3 Å². The van der Waals surface area contributed by atoms with Gasteiger partial charge in [-0.05, 0) is 25.0 Å². The summed E-state index contributed by atoms with van der Waals surface area (Å²) in [6.45, 7) is 0. The van der Waals surface area contributed by atoms with E-state index >= 15 is 0 Å². The molecule has 0 aliphatic heterocycles. The number of amides is 1. The SMILES string of the molecule is O=C(O)c1sc(NC(=O)C2CCC2)nc1-c1ccncc1. The highest BCUT2D eigenvalue weighted by molar-refractivity contribution is 7.18. The van der Waals surface area contributed by atoms with Crippen molar-refractivity contribution >= 4 is 28.3 Å². The Morgan fingerprint density at radius 1 is 1.29 bits per heavy atom. The van der Waals surface area contributed by atoms with Gasteiger partial charge in [-0.3, -0.25) is 9.78 Å². The number of hydrogen-bond acceptors (Lipinski definition) is 5. The smallest absolute Gasteiger partial charge is 0.348 e. The Morgan fingerprint density at radius 2 is 2.00 bits per heavy atom. The van der Waals surface area contributed by atoms with E-state index in [4.69, 9.17) is 0 Å². The van der Waals surface area contributed by atoms with Gasteiger partial charge < -0.3 is 10.4 Å². The number of pyridine rings is 1. The fraction of sp³-hybridized carbons (Fsp3) is 0.286. The molecular formula is C14H13N3O3S. The first-order valence-corrected chi connectivity index (χ1v) is 7.42. The number of nitrogens with zero attached hydrogens (tertiary/aromatic N) is 2. The zero-order chi connectivity index (χ0) is 14.8. The van der Waals surface area contributed by atoms with Crippen molar-refractivity contribution in [2.45, 2.75) is 19.3 Å². The van der Waals surface area contributed by atoms with Crippen LogP contribution in [0.25, 0.3) is 11.3 Å². The van der Waals surface area contributed by atoms with E-state index in [9.17, 15) is 14.7 Å². The minimum absolute atomic E-state index is 0.0338. The summed E-state index contributed by atoms with van der Waals surface area (Å²) in [6, 6.07) is 3.39. The van der Waals surface area contributed by atoms with Gasteiger partial charge in [-0.2, -0.15) is 0 Å². The van der Waals surface area contributed by atoms with Gasteiger partial charge >= 0.3 is 5.97 Å². The molecule has 0 bridgehead atoms. The molecule has 6 nitrogen and oxygen atoms in total. The molecule has 1 aliphatic carbocycles. The first kappa shape index (κ1) is 13.7. The molecule has 0 atom stereocenters. The first-order chi connectivity index (χ1) is 10.1. The molecule has 1 amide bonds. The maximum atomic E-state index is 11.9. The number of aromatic nitrogens is 2. The molecule has 2 heterocycles. The lowest BCUT2D eigenvalue weighted by molar-refractivity contribution is -0.122. The summed E-state index contributed by atoms with van der Waals surface area (Å²) in [5, 5.41) is 12.3. The Hall–Kier alpha value is -2.28. The van der Waals surface area contributed by atoms with Crippen LogP contribution in [-0.4, -0.2) is 27.0 Å². The van der Waals surface area contributed by atoms with Crippen LogP contribution in [0.1, 0.15) is 28.9 Å². The lowest BCUT2D eigenvalue weighted by Crippen LogP contribution is -2.27. The first-order valence-electron chi connectivity index (χ1n) is 6.60. The van der Waals surface area contributed by atoms with E-state index in [1.54, 1.807) is 24.5 Å². The van der Waals surface area contributed by atoms with Gasteiger partial charge in [0.2, 0.25) is 5.91 Å². The van der Waals surface area contributed by atoms with Gasteiger partial charge in [0.25, 0.3) is 0 Å². The third kappa shape index (κ3) is 2.78. The van der Waals surface area contributed by atoms with Crippen LogP contribution in [0.3, 0.4) is 0 Å². The molecule has 0 aromatic carbocycles. The normalized spacial score (nSPS) is 14.5. The number of nitrogens with one attached hydrogen (secondary N) is 1. The molecule has 2 N–H and O–H groups in total. The van der Waals surface area contributed by atoms with Crippen molar-refractivity contribution in [2.75, 3.05) is 5.32 Å². The number of hydrogen-bond donors (Lipinski definition) is 2. The topological polar surface area (TPSA) is 92.2 Å². The lowest BCUT2D eigenvalue weighted by atomic mass is 9.85. The van der Waals surface area contributed by atoms with Crippen molar-refractivity contribution in [2.24, 2.45) is 5.92 Å². The van der Waals surface area contributed by atoms with Crippen LogP contribution in [0.5, 0.6) is 0 Å². The number of rotatable bonds is 4. The standard InChI is InChI=1S/C14H13N3O3S/c18-12(9-2-1-3-9)17-14-16-10(11(21-14)13(19)20)8-4-6-15-7-5-8/h4-7,9H,1-3H2,(H,19,20)(H,16,17,18). The van der Waals surface area contributed by atoms with E-state index in [1.807, 2.05) is 0 Å². The summed E-state index contributed by atoms with van der Waals surface area (Å²) in [4.78, 5) is 31.5. The molecule has 0 radical (unpaired) electrons. The summed E-state index contributed by atoms with van der Waals surface area (Å²) in [5.41, 5.74) is 1.03. The molecule has 2 aromatic heterocycles. The maximum Gasteiger partial charge on any atom is 0.348 e. The van der Waals surface area contributed by atoms with Crippen molar-refractivity contribution in [3.63, 3.8) is 0 Å². The summed E-state index contributed by atoms with van der Waals surface area (Å²) in [5.74, 6) is -1.09. The zero-order valence-electron chi connectivity index (χ0n) is 11.1. The molecular weight excluding hydrogens is 290 g/mol. The molecule has 2 aromatic rings. The number of carbonyl (C=O) groups is 2. The maximum absolute atomic E-state index is 11.9. The highest BCUT2D eigenvalue weighted by atomic mass is 32.1. The fourth-order valence-corrected chi connectivity index (χ4v) is 2.93. The molecule has 7 heteroatoms. The van der Waals surface area contributed by atoms with E-state index in [0.717, 1.165) is 30.6 Å². The number of anilines is 1. The van der Waals surface area contributed by atoms with Crippen molar-refractivity contribution < 1.29 is 14.7 Å². The number of thiazole rings is 1. The number of carboxylic acids is 1. The van der Waals surface area contributed by atoms with Crippen LogP contribution in [-0.2, 0) is 4.79 Å². The van der Waals surface area contributed by atoms with Crippen LogP contribution < -0.4 is 5.32 Å². The highest BCUT2D eigenvalue weighted by Crippen LogP contribution is 2.33. The van der Waals surface area contributed by atoms with Gasteiger partial charge in [0.05, 0.1) is 5.69 Å². The summed E-state index contributed by atoms with van der Waals surface area (Å²) < 4.78 is 0. The second-order valence-electron chi connectivity index (χ2n) is 4.85. The Labute approximate surface area is 124 Å². The minimum atomic E-state index is -1.05. The number of aromatic carboxylic acids is 1. The van der Waals surface area contributed by atoms with Crippen molar-refractivity contribution in [1.82, 2.24) is 9.97 Å². The summed E-state index contributed by atoms with van der Waals surface area (Å²) in [7, 11) is 0. The van der Waals surface area contributed by atoms with Crippen LogP contribution in [0.15, 0.2) is 24.5 Å². The average Bonchev–Trinajstić information content (AvgIpc) is 2.81. The van der Waals surface area contributed by atoms with Gasteiger partial charge in [-0.1, -0.05) is 17.8 Å². The van der Waals surface area contributed by atoms with E-state index in [0.29, 0.717) is 16.4 Å². The second-order valence-corrected chi connectivity index (χ2v) is 5.85. The molecule has 0 saturated heterocycles. The molecule has 1 fully saturated rings. The third-order valence-corrected chi connectivity index (χ3v) is 4.44. The Bertz CT molecular complexity index is 680. The van der Waals surface area contributed by atoms with Crippen LogP contribution in [0.2, 0.25) is 0 Å². The van der Waals surface area contributed by atoms with Gasteiger partial charge in [-0.15, -0.1) is 0 Å².